The average Bonchev–Trinajstić information content (AvgIpc) is 3.30. The van der Waals surface area contributed by atoms with Gasteiger partial charge in [0.05, 0.1) is 6.04 Å². The number of anilines is 1. The molecule has 0 spiro atoms. The first kappa shape index (κ1) is 17.0. The van der Waals surface area contributed by atoms with Crippen LogP contribution in [0.15, 0.2) is 28.8 Å². The topological polar surface area (TPSA) is 83.7 Å². The molecule has 0 aliphatic carbocycles. The fourth-order valence-corrected chi connectivity index (χ4v) is 3.34. The van der Waals surface area contributed by atoms with E-state index >= 15 is 0 Å². The fraction of sp³-hybridized carbons (Fsp3) is 0.500. The Balaban J connectivity index is 1.35. The van der Waals surface area contributed by atoms with Crippen molar-refractivity contribution in [3.05, 3.63) is 36.0 Å². The Morgan fingerprint density at radius 1 is 1.31 bits per heavy atom. The predicted octanol–water partition coefficient (Wildman–Crippen LogP) is 1.35. The van der Waals surface area contributed by atoms with Crippen molar-refractivity contribution in [3.8, 4) is 5.75 Å². The van der Waals surface area contributed by atoms with Gasteiger partial charge in [0.2, 0.25) is 5.91 Å². The van der Waals surface area contributed by atoms with E-state index in [9.17, 15) is 4.79 Å². The lowest BCUT2D eigenvalue weighted by atomic mass is 10.2. The Morgan fingerprint density at radius 2 is 2.15 bits per heavy atom. The van der Waals surface area contributed by atoms with Gasteiger partial charge < -0.3 is 19.5 Å². The van der Waals surface area contributed by atoms with Crippen LogP contribution in [0, 0.1) is 0 Å². The van der Waals surface area contributed by atoms with Crippen molar-refractivity contribution in [2.24, 2.45) is 0 Å². The monoisotopic (exact) mass is 357 g/mol. The summed E-state index contributed by atoms with van der Waals surface area (Å²) in [6.07, 6.45) is 1.55. The molecule has 1 aromatic heterocycles. The summed E-state index contributed by atoms with van der Waals surface area (Å²) in [7, 11) is 2.06. The molecule has 4 rings (SSSR count). The molecule has 2 aromatic rings. The summed E-state index contributed by atoms with van der Waals surface area (Å²) in [5, 5.41) is 7.43. The Labute approximate surface area is 152 Å². The van der Waals surface area contributed by atoms with Gasteiger partial charge in [-0.15, -0.1) is 0 Å². The molecule has 2 fully saturated rings. The molecule has 2 aliphatic rings. The van der Waals surface area contributed by atoms with Gasteiger partial charge in [-0.3, -0.25) is 9.69 Å². The summed E-state index contributed by atoms with van der Waals surface area (Å²) >= 11 is 0. The summed E-state index contributed by atoms with van der Waals surface area (Å²) in [5.41, 5.74) is 0.910. The van der Waals surface area contributed by atoms with Gasteiger partial charge in [0.25, 0.3) is 5.89 Å². The molecule has 1 N–H and O–H groups in total. The van der Waals surface area contributed by atoms with Gasteiger partial charge in [-0.25, -0.2) is 0 Å². The van der Waals surface area contributed by atoms with Gasteiger partial charge in [0.15, 0.2) is 12.4 Å². The molecule has 3 heterocycles. The minimum atomic E-state index is 0.124. The lowest BCUT2D eigenvalue weighted by molar-refractivity contribution is -0.117. The first-order chi connectivity index (χ1) is 12.7. The number of piperazine rings is 1. The molecular formula is C18H23N5O3. The SMILES string of the molecule is CN1CCNCC1c1noc(COc2ccc(N3CCCC3=O)cc2)n1. The third kappa shape index (κ3) is 3.56. The van der Waals surface area contributed by atoms with E-state index in [0.29, 0.717) is 23.9 Å². The fourth-order valence-electron chi connectivity index (χ4n) is 3.34. The van der Waals surface area contributed by atoms with E-state index < -0.39 is 0 Å². The van der Waals surface area contributed by atoms with Crippen molar-refractivity contribution in [1.29, 1.82) is 0 Å². The molecule has 8 nitrogen and oxygen atoms in total. The molecule has 1 amide bonds. The normalized spacial score (nSPS) is 21.3. The van der Waals surface area contributed by atoms with Gasteiger partial charge in [0.1, 0.15) is 5.75 Å². The van der Waals surface area contributed by atoms with Crippen molar-refractivity contribution < 1.29 is 14.1 Å². The third-order valence-corrected chi connectivity index (χ3v) is 4.88. The van der Waals surface area contributed by atoms with Crippen molar-refractivity contribution in [2.75, 3.05) is 38.1 Å². The van der Waals surface area contributed by atoms with Crippen LogP contribution >= 0.6 is 0 Å². The number of hydrogen-bond acceptors (Lipinski definition) is 7. The number of rotatable bonds is 5. The summed E-state index contributed by atoms with van der Waals surface area (Å²) in [5.74, 6) is 2.02. The van der Waals surface area contributed by atoms with Gasteiger partial charge in [-0.05, 0) is 37.7 Å². The molecule has 8 heteroatoms. The molecule has 0 bridgehead atoms. The number of likely N-dealkylation sites (N-methyl/N-ethyl adjacent to an activating group) is 1. The lowest BCUT2D eigenvalue weighted by Gasteiger charge is -2.30. The number of hydrogen-bond donors (Lipinski definition) is 1. The third-order valence-electron chi connectivity index (χ3n) is 4.88. The molecule has 1 atom stereocenters. The van der Waals surface area contributed by atoms with E-state index in [1.165, 1.54) is 0 Å². The highest BCUT2D eigenvalue weighted by Crippen LogP contribution is 2.24. The lowest BCUT2D eigenvalue weighted by Crippen LogP contribution is -2.44. The molecule has 26 heavy (non-hydrogen) atoms. The molecule has 0 radical (unpaired) electrons. The van der Waals surface area contributed by atoms with Gasteiger partial charge in [-0.2, -0.15) is 4.98 Å². The minimum Gasteiger partial charge on any atom is -0.484 e. The largest absolute Gasteiger partial charge is 0.484 e. The van der Waals surface area contributed by atoms with Crippen molar-refractivity contribution in [3.63, 3.8) is 0 Å². The van der Waals surface area contributed by atoms with Crippen molar-refractivity contribution >= 4 is 11.6 Å². The molecule has 1 aromatic carbocycles. The quantitative estimate of drug-likeness (QED) is 0.865. The molecular weight excluding hydrogens is 334 g/mol. The molecule has 0 saturated carbocycles. The van der Waals surface area contributed by atoms with E-state index in [4.69, 9.17) is 9.26 Å². The summed E-state index contributed by atoms with van der Waals surface area (Å²) in [4.78, 5) is 20.3. The maximum atomic E-state index is 11.8. The Kier molecular flexibility index (Phi) is 4.85. The second-order valence-corrected chi connectivity index (χ2v) is 6.68. The Hall–Kier alpha value is -2.45. The predicted molar refractivity (Wildman–Crippen MR) is 94.9 cm³/mol. The van der Waals surface area contributed by atoms with Crippen LogP contribution in [0.1, 0.15) is 30.6 Å². The first-order valence-electron chi connectivity index (χ1n) is 8.97. The number of nitrogens with zero attached hydrogens (tertiary/aromatic N) is 4. The molecule has 1 unspecified atom stereocenters. The number of carbonyl (C=O) groups is 1. The Morgan fingerprint density at radius 3 is 2.88 bits per heavy atom. The number of ether oxygens (including phenoxy) is 1. The van der Waals surface area contributed by atoms with E-state index in [1.54, 1.807) is 0 Å². The molecule has 2 aliphatic heterocycles. The van der Waals surface area contributed by atoms with Crippen LogP contribution in [0.5, 0.6) is 5.75 Å². The summed E-state index contributed by atoms with van der Waals surface area (Å²) in [6.45, 7) is 3.75. The van der Waals surface area contributed by atoms with Crippen LogP contribution in [0.4, 0.5) is 5.69 Å². The van der Waals surface area contributed by atoms with E-state index in [-0.39, 0.29) is 18.6 Å². The highest BCUT2D eigenvalue weighted by Gasteiger charge is 2.25. The maximum Gasteiger partial charge on any atom is 0.264 e. The second-order valence-electron chi connectivity index (χ2n) is 6.68. The number of aromatic nitrogens is 2. The number of benzene rings is 1. The molecule has 2 saturated heterocycles. The smallest absolute Gasteiger partial charge is 0.264 e. The van der Waals surface area contributed by atoms with Crippen LogP contribution in [0.25, 0.3) is 0 Å². The zero-order valence-electron chi connectivity index (χ0n) is 14.9. The van der Waals surface area contributed by atoms with Crippen molar-refractivity contribution in [1.82, 2.24) is 20.4 Å². The van der Waals surface area contributed by atoms with E-state index in [0.717, 1.165) is 38.3 Å². The number of amides is 1. The van der Waals surface area contributed by atoms with Crippen LogP contribution in [-0.2, 0) is 11.4 Å². The van der Waals surface area contributed by atoms with E-state index in [2.05, 4.69) is 27.4 Å². The van der Waals surface area contributed by atoms with Gasteiger partial charge >= 0.3 is 0 Å². The molecule has 138 valence electrons. The highest BCUT2D eigenvalue weighted by molar-refractivity contribution is 5.95. The van der Waals surface area contributed by atoms with Crippen molar-refractivity contribution in [2.45, 2.75) is 25.5 Å². The van der Waals surface area contributed by atoms with Crippen LogP contribution in [0.2, 0.25) is 0 Å². The standard InChI is InChI=1S/C18H23N5O3/c1-22-10-8-19-11-15(22)18-20-16(26-21-18)12-25-14-6-4-13(5-7-14)23-9-2-3-17(23)24/h4-7,15,19H,2-3,8-12H2,1H3. The average molecular weight is 357 g/mol. The summed E-state index contributed by atoms with van der Waals surface area (Å²) in [6, 6.07) is 7.65. The second kappa shape index (κ2) is 7.43. The first-order valence-corrected chi connectivity index (χ1v) is 8.97. The Bertz CT molecular complexity index is 760. The summed E-state index contributed by atoms with van der Waals surface area (Å²) < 4.78 is 11.0. The zero-order valence-corrected chi connectivity index (χ0v) is 14.9. The van der Waals surface area contributed by atoms with Crippen LogP contribution in [-0.4, -0.2) is 54.2 Å². The van der Waals surface area contributed by atoms with Crippen LogP contribution in [0.3, 0.4) is 0 Å². The van der Waals surface area contributed by atoms with E-state index in [1.807, 2.05) is 29.2 Å². The van der Waals surface area contributed by atoms with Gasteiger partial charge in [-0.1, -0.05) is 5.16 Å². The number of nitrogens with one attached hydrogen (secondary N) is 1. The maximum absolute atomic E-state index is 11.8. The van der Waals surface area contributed by atoms with Gasteiger partial charge in [0, 0.05) is 38.3 Å². The van der Waals surface area contributed by atoms with Crippen LogP contribution < -0.4 is 15.0 Å². The number of carbonyl (C=O) groups excluding carboxylic acids is 1. The zero-order chi connectivity index (χ0) is 17.9. The minimum absolute atomic E-state index is 0.124. The highest BCUT2D eigenvalue weighted by atomic mass is 16.5.